The average molecular weight is 306 g/mol. The molecule has 0 heterocycles. The van der Waals surface area contributed by atoms with Crippen LogP contribution < -0.4 is 0 Å². The van der Waals surface area contributed by atoms with Crippen molar-refractivity contribution in [1.29, 1.82) is 0 Å². The van der Waals surface area contributed by atoms with E-state index in [0.29, 0.717) is 18.0 Å². The van der Waals surface area contributed by atoms with E-state index in [4.69, 9.17) is 11.6 Å². The number of nitrogens with zero attached hydrogens (tertiary/aromatic N) is 1. The molecule has 0 amide bonds. The normalized spacial score (nSPS) is 16.6. The van der Waals surface area contributed by atoms with E-state index in [9.17, 15) is 12.8 Å². The van der Waals surface area contributed by atoms with Crippen molar-refractivity contribution >= 4 is 21.6 Å². The van der Waals surface area contributed by atoms with Gasteiger partial charge in [-0.15, -0.1) is 11.6 Å². The Balaban J connectivity index is 2.26. The zero-order chi connectivity index (χ0) is 14.0. The van der Waals surface area contributed by atoms with Crippen LogP contribution in [0.3, 0.4) is 0 Å². The third-order valence-electron chi connectivity index (χ3n) is 3.58. The third-order valence-corrected chi connectivity index (χ3v) is 5.73. The van der Waals surface area contributed by atoms with Crippen LogP contribution in [0.5, 0.6) is 0 Å². The quantitative estimate of drug-likeness (QED) is 0.784. The number of hydrogen-bond acceptors (Lipinski definition) is 2. The molecule has 1 aromatic rings. The summed E-state index contributed by atoms with van der Waals surface area (Å²) in [6, 6.07) is 3.96. The van der Waals surface area contributed by atoms with Gasteiger partial charge in [0, 0.05) is 19.5 Å². The molecular weight excluding hydrogens is 289 g/mol. The van der Waals surface area contributed by atoms with Gasteiger partial charge in [-0.2, -0.15) is 0 Å². The largest absolute Gasteiger partial charge is 0.245 e. The van der Waals surface area contributed by atoms with Crippen LogP contribution in [0.25, 0.3) is 0 Å². The molecule has 19 heavy (non-hydrogen) atoms. The van der Waals surface area contributed by atoms with Crippen molar-refractivity contribution in [2.24, 2.45) is 5.92 Å². The molecule has 0 bridgehead atoms. The van der Waals surface area contributed by atoms with E-state index >= 15 is 0 Å². The molecule has 0 N–H and O–H groups in total. The Hall–Kier alpha value is -0.650. The first-order valence-corrected chi connectivity index (χ1v) is 8.23. The van der Waals surface area contributed by atoms with Gasteiger partial charge in [0.2, 0.25) is 10.0 Å². The summed E-state index contributed by atoms with van der Waals surface area (Å²) < 4.78 is 39.7. The highest BCUT2D eigenvalue weighted by Gasteiger charge is 2.28. The van der Waals surface area contributed by atoms with Gasteiger partial charge in [-0.3, -0.25) is 0 Å². The average Bonchev–Trinajstić information content (AvgIpc) is 2.33. The maximum absolute atomic E-state index is 13.7. The van der Waals surface area contributed by atoms with Crippen molar-refractivity contribution < 1.29 is 12.8 Å². The molecule has 0 radical (unpaired) electrons. The lowest BCUT2D eigenvalue weighted by Crippen LogP contribution is -2.34. The van der Waals surface area contributed by atoms with Crippen molar-refractivity contribution in [2.45, 2.75) is 30.0 Å². The van der Waals surface area contributed by atoms with Crippen molar-refractivity contribution in [2.75, 3.05) is 13.6 Å². The Labute approximate surface area is 118 Å². The lowest BCUT2D eigenvalue weighted by molar-refractivity contribution is 0.262. The summed E-state index contributed by atoms with van der Waals surface area (Å²) in [4.78, 5) is -0.285. The molecule has 1 aliphatic rings. The van der Waals surface area contributed by atoms with E-state index in [0.717, 1.165) is 25.3 Å². The minimum atomic E-state index is -3.77. The van der Waals surface area contributed by atoms with Gasteiger partial charge < -0.3 is 0 Å². The Bertz CT molecular complexity index is 558. The molecule has 1 saturated carbocycles. The molecule has 3 nitrogen and oxygen atoms in total. The van der Waals surface area contributed by atoms with Crippen LogP contribution in [0.4, 0.5) is 4.39 Å². The maximum Gasteiger partial charge on any atom is 0.245 e. The summed E-state index contributed by atoms with van der Waals surface area (Å²) in [5, 5.41) is 0. The van der Waals surface area contributed by atoms with Gasteiger partial charge in [-0.1, -0.05) is 12.5 Å². The van der Waals surface area contributed by atoms with Crippen molar-refractivity contribution in [3.63, 3.8) is 0 Å². The maximum atomic E-state index is 13.7. The van der Waals surface area contributed by atoms with Crippen molar-refractivity contribution in [3.8, 4) is 0 Å². The summed E-state index contributed by atoms with van der Waals surface area (Å²) in [5.74, 6) is -0.164. The van der Waals surface area contributed by atoms with E-state index < -0.39 is 15.8 Å². The Morgan fingerprint density at radius 1 is 1.42 bits per heavy atom. The first-order chi connectivity index (χ1) is 8.95. The number of rotatable bonds is 5. The van der Waals surface area contributed by atoms with Crippen LogP contribution in [0.2, 0.25) is 0 Å². The predicted octanol–water partition coefficient (Wildman–Crippen LogP) is 2.99. The minimum Gasteiger partial charge on any atom is -0.207 e. The van der Waals surface area contributed by atoms with Crippen molar-refractivity contribution in [3.05, 3.63) is 29.6 Å². The fourth-order valence-electron chi connectivity index (χ4n) is 2.13. The van der Waals surface area contributed by atoms with Crippen LogP contribution in [-0.4, -0.2) is 26.3 Å². The van der Waals surface area contributed by atoms with Crippen LogP contribution in [0, 0.1) is 11.7 Å². The van der Waals surface area contributed by atoms with Crippen LogP contribution in [0.15, 0.2) is 23.1 Å². The number of halogens is 2. The Morgan fingerprint density at radius 3 is 2.63 bits per heavy atom. The SMILES string of the molecule is CN(CC1CCC1)S(=O)(=O)c1cc(CCl)ccc1F. The number of alkyl halides is 1. The molecule has 1 fully saturated rings. The number of sulfonamides is 1. The molecule has 1 aliphatic carbocycles. The van der Waals surface area contributed by atoms with Gasteiger partial charge >= 0.3 is 0 Å². The second kappa shape index (κ2) is 5.77. The molecule has 0 spiro atoms. The highest BCUT2D eigenvalue weighted by molar-refractivity contribution is 7.89. The van der Waals surface area contributed by atoms with Gasteiger partial charge in [0.1, 0.15) is 10.7 Å². The van der Waals surface area contributed by atoms with E-state index in [1.54, 1.807) is 0 Å². The second-order valence-corrected chi connectivity index (χ2v) is 7.26. The summed E-state index contributed by atoms with van der Waals surface area (Å²) >= 11 is 5.67. The Morgan fingerprint density at radius 2 is 2.11 bits per heavy atom. The van der Waals surface area contributed by atoms with Gasteiger partial charge in [0.15, 0.2) is 0 Å². The fraction of sp³-hybridized carbons (Fsp3) is 0.538. The van der Waals surface area contributed by atoms with Crippen molar-refractivity contribution in [1.82, 2.24) is 4.31 Å². The topological polar surface area (TPSA) is 37.4 Å². The molecule has 1 aromatic carbocycles. The van der Waals surface area contributed by atoms with Gasteiger partial charge in [0.25, 0.3) is 0 Å². The standard InChI is InChI=1S/C13H17ClFNO2S/c1-16(9-10-3-2-4-10)19(17,18)13-7-11(8-14)5-6-12(13)15/h5-7,10H,2-4,8-9H2,1H3. The van der Waals surface area contributed by atoms with Gasteiger partial charge in [0.05, 0.1) is 0 Å². The summed E-state index contributed by atoms with van der Waals surface area (Å²) in [7, 11) is -2.27. The minimum absolute atomic E-state index is 0.162. The highest BCUT2D eigenvalue weighted by Crippen LogP contribution is 2.29. The first kappa shape index (κ1) is 14.8. The fourth-order valence-corrected chi connectivity index (χ4v) is 3.66. The Kier molecular flexibility index (Phi) is 4.48. The third kappa shape index (κ3) is 3.09. The molecule has 0 unspecified atom stereocenters. The molecule has 0 aliphatic heterocycles. The van der Waals surface area contributed by atoms with E-state index in [1.807, 2.05) is 0 Å². The second-order valence-electron chi connectivity index (χ2n) is 4.98. The summed E-state index contributed by atoms with van der Waals surface area (Å²) in [6.45, 7) is 0.451. The smallest absolute Gasteiger partial charge is 0.207 e. The highest BCUT2D eigenvalue weighted by atomic mass is 35.5. The van der Waals surface area contributed by atoms with E-state index in [2.05, 4.69) is 0 Å². The van der Waals surface area contributed by atoms with Gasteiger partial charge in [-0.25, -0.2) is 17.1 Å². The molecule has 106 valence electrons. The van der Waals surface area contributed by atoms with Crippen LogP contribution in [-0.2, 0) is 15.9 Å². The summed E-state index contributed by atoms with van der Waals surface area (Å²) in [5.41, 5.74) is 0.596. The molecule has 6 heteroatoms. The van der Waals surface area contributed by atoms with E-state index in [-0.39, 0.29) is 10.8 Å². The summed E-state index contributed by atoms with van der Waals surface area (Å²) in [6.07, 6.45) is 3.24. The molecule has 0 saturated heterocycles. The molecule has 0 atom stereocenters. The molecule has 0 aromatic heterocycles. The first-order valence-electron chi connectivity index (χ1n) is 6.26. The molecule has 2 rings (SSSR count). The zero-order valence-corrected chi connectivity index (χ0v) is 12.3. The van der Waals surface area contributed by atoms with Crippen LogP contribution in [0.1, 0.15) is 24.8 Å². The van der Waals surface area contributed by atoms with Crippen LogP contribution >= 0.6 is 11.6 Å². The number of benzene rings is 1. The van der Waals surface area contributed by atoms with E-state index in [1.165, 1.54) is 23.5 Å². The zero-order valence-electron chi connectivity index (χ0n) is 10.8. The molecular formula is C13H17ClFNO2S. The monoisotopic (exact) mass is 305 g/mol. The predicted molar refractivity (Wildman–Crippen MR) is 73.1 cm³/mol. The van der Waals surface area contributed by atoms with Gasteiger partial charge in [-0.05, 0) is 36.5 Å². The lowest BCUT2D eigenvalue weighted by Gasteiger charge is -2.29. The number of hydrogen-bond donors (Lipinski definition) is 0. The lowest BCUT2D eigenvalue weighted by atomic mass is 9.86.